The van der Waals surface area contributed by atoms with E-state index in [0.29, 0.717) is 22.8 Å². The average molecular weight is 322 g/mol. The molecule has 2 N–H and O–H groups in total. The second kappa shape index (κ2) is 6.54. The lowest BCUT2D eigenvalue weighted by Gasteiger charge is -2.12. The Morgan fingerprint density at radius 2 is 1.83 bits per heavy atom. The zero-order chi connectivity index (χ0) is 17.1. The predicted octanol–water partition coefficient (Wildman–Crippen LogP) is 3.99. The van der Waals surface area contributed by atoms with Gasteiger partial charge in [-0.1, -0.05) is 23.4 Å². The normalized spacial score (nSPS) is 10.5. The summed E-state index contributed by atoms with van der Waals surface area (Å²) in [6, 6.07) is 9.38. The van der Waals surface area contributed by atoms with Gasteiger partial charge in [0.1, 0.15) is 5.76 Å². The van der Waals surface area contributed by atoms with Gasteiger partial charge in [-0.15, -0.1) is 0 Å². The van der Waals surface area contributed by atoms with E-state index in [1.807, 2.05) is 39.0 Å². The highest BCUT2D eigenvalue weighted by molar-refractivity contribution is 6.05. The number of benzene rings is 1. The molecule has 6 nitrogen and oxygen atoms in total. The molecule has 0 aliphatic heterocycles. The number of anilines is 3. The maximum Gasteiger partial charge on any atom is 0.257 e. The Hall–Kier alpha value is -3.15. The minimum Gasteiger partial charge on any atom is -0.360 e. The van der Waals surface area contributed by atoms with Crippen molar-refractivity contribution in [1.82, 2.24) is 10.1 Å². The van der Waals surface area contributed by atoms with Gasteiger partial charge in [0.25, 0.3) is 5.91 Å². The first kappa shape index (κ1) is 15.7. The molecule has 0 saturated heterocycles. The number of aromatic nitrogens is 2. The summed E-state index contributed by atoms with van der Waals surface area (Å²) in [5, 5.41) is 9.87. The van der Waals surface area contributed by atoms with Gasteiger partial charge in [-0.2, -0.15) is 0 Å². The maximum atomic E-state index is 12.5. The lowest BCUT2D eigenvalue weighted by atomic mass is 10.1. The topological polar surface area (TPSA) is 80.0 Å². The van der Waals surface area contributed by atoms with Crippen LogP contribution in [0, 0.1) is 20.8 Å². The number of para-hydroxylation sites is 1. The van der Waals surface area contributed by atoms with Crippen LogP contribution in [0.4, 0.5) is 17.2 Å². The number of aryl methyl sites for hydroxylation is 3. The molecule has 0 aliphatic rings. The van der Waals surface area contributed by atoms with Gasteiger partial charge in [-0.25, -0.2) is 0 Å². The van der Waals surface area contributed by atoms with Gasteiger partial charge < -0.3 is 15.2 Å². The maximum absolute atomic E-state index is 12.5. The van der Waals surface area contributed by atoms with Gasteiger partial charge in [0.15, 0.2) is 5.82 Å². The van der Waals surface area contributed by atoms with E-state index in [2.05, 4.69) is 20.8 Å². The molecular formula is C18H18N4O2. The standard InChI is InChI=1S/C18H18N4O2/c1-11-5-4-6-12(2)17(11)21-18(23)14-8-15(10-19-9-14)20-16-7-13(3)24-22-16/h4-10H,1-3H3,(H,20,22)(H,21,23). The summed E-state index contributed by atoms with van der Waals surface area (Å²) in [7, 11) is 0. The summed E-state index contributed by atoms with van der Waals surface area (Å²) in [5.74, 6) is 1.07. The van der Waals surface area contributed by atoms with E-state index in [1.54, 1.807) is 18.3 Å². The van der Waals surface area contributed by atoms with Crippen LogP contribution in [-0.2, 0) is 0 Å². The molecule has 24 heavy (non-hydrogen) atoms. The number of carbonyl (C=O) groups excluding carboxylic acids is 1. The van der Waals surface area contributed by atoms with Crippen LogP contribution in [0.25, 0.3) is 0 Å². The molecule has 0 unspecified atom stereocenters. The van der Waals surface area contributed by atoms with Crippen molar-refractivity contribution in [3.63, 3.8) is 0 Å². The van der Waals surface area contributed by atoms with Crippen LogP contribution in [-0.4, -0.2) is 16.0 Å². The van der Waals surface area contributed by atoms with Crippen LogP contribution in [0.3, 0.4) is 0 Å². The first-order valence-electron chi connectivity index (χ1n) is 7.56. The Labute approximate surface area is 139 Å². The first-order valence-corrected chi connectivity index (χ1v) is 7.56. The Morgan fingerprint density at radius 3 is 2.50 bits per heavy atom. The van der Waals surface area contributed by atoms with Gasteiger partial charge in [0.2, 0.25) is 0 Å². The van der Waals surface area contributed by atoms with Gasteiger partial charge in [0.05, 0.1) is 17.4 Å². The Bertz CT molecular complexity index is 866. The monoisotopic (exact) mass is 322 g/mol. The highest BCUT2D eigenvalue weighted by Gasteiger charge is 2.11. The van der Waals surface area contributed by atoms with Crippen molar-refractivity contribution in [1.29, 1.82) is 0 Å². The first-order chi connectivity index (χ1) is 11.5. The molecule has 6 heteroatoms. The number of rotatable bonds is 4. The van der Waals surface area contributed by atoms with Crippen molar-refractivity contribution >= 4 is 23.1 Å². The molecule has 0 bridgehead atoms. The zero-order valence-electron chi connectivity index (χ0n) is 13.8. The molecule has 0 fully saturated rings. The summed E-state index contributed by atoms with van der Waals surface area (Å²) in [6.07, 6.45) is 3.15. The van der Waals surface area contributed by atoms with Gasteiger partial charge in [-0.05, 0) is 38.0 Å². The molecular weight excluding hydrogens is 304 g/mol. The van der Waals surface area contributed by atoms with E-state index in [9.17, 15) is 4.79 Å². The fourth-order valence-electron chi connectivity index (χ4n) is 2.40. The summed E-state index contributed by atoms with van der Waals surface area (Å²) >= 11 is 0. The number of amides is 1. The van der Waals surface area contributed by atoms with Crippen LogP contribution in [0.15, 0.2) is 47.2 Å². The molecule has 3 rings (SSSR count). The van der Waals surface area contributed by atoms with Crippen molar-refractivity contribution in [3.05, 3.63) is 65.2 Å². The fourth-order valence-corrected chi connectivity index (χ4v) is 2.40. The summed E-state index contributed by atoms with van der Waals surface area (Å²) in [6.45, 7) is 5.74. The number of hydrogen-bond acceptors (Lipinski definition) is 5. The van der Waals surface area contributed by atoms with Crippen molar-refractivity contribution in [2.75, 3.05) is 10.6 Å². The van der Waals surface area contributed by atoms with E-state index in [0.717, 1.165) is 16.8 Å². The van der Waals surface area contributed by atoms with E-state index < -0.39 is 0 Å². The van der Waals surface area contributed by atoms with Gasteiger partial charge >= 0.3 is 0 Å². The molecule has 0 atom stereocenters. The van der Waals surface area contributed by atoms with Crippen molar-refractivity contribution in [2.45, 2.75) is 20.8 Å². The molecule has 2 heterocycles. The van der Waals surface area contributed by atoms with Crippen LogP contribution in [0.2, 0.25) is 0 Å². The van der Waals surface area contributed by atoms with E-state index >= 15 is 0 Å². The molecule has 0 radical (unpaired) electrons. The Balaban J connectivity index is 1.79. The molecule has 1 aromatic carbocycles. The van der Waals surface area contributed by atoms with Crippen molar-refractivity contribution in [3.8, 4) is 0 Å². The van der Waals surface area contributed by atoms with E-state index in [-0.39, 0.29) is 5.91 Å². The van der Waals surface area contributed by atoms with Crippen molar-refractivity contribution < 1.29 is 9.32 Å². The molecule has 2 aromatic heterocycles. The summed E-state index contributed by atoms with van der Waals surface area (Å²) in [4.78, 5) is 16.6. The highest BCUT2D eigenvalue weighted by atomic mass is 16.5. The lowest BCUT2D eigenvalue weighted by molar-refractivity contribution is 0.102. The fraction of sp³-hybridized carbons (Fsp3) is 0.167. The largest absolute Gasteiger partial charge is 0.360 e. The predicted molar refractivity (Wildman–Crippen MR) is 92.6 cm³/mol. The van der Waals surface area contributed by atoms with Crippen LogP contribution < -0.4 is 10.6 Å². The molecule has 0 spiro atoms. The summed E-state index contributed by atoms with van der Waals surface area (Å²) in [5.41, 5.74) is 3.99. The van der Waals surface area contributed by atoms with Crippen LogP contribution in [0.5, 0.6) is 0 Å². The second-order valence-corrected chi connectivity index (χ2v) is 5.63. The third-order valence-electron chi connectivity index (χ3n) is 3.62. The third kappa shape index (κ3) is 3.43. The Kier molecular flexibility index (Phi) is 4.29. The second-order valence-electron chi connectivity index (χ2n) is 5.63. The minimum atomic E-state index is -0.208. The van der Waals surface area contributed by atoms with E-state index in [1.165, 1.54) is 6.20 Å². The third-order valence-corrected chi connectivity index (χ3v) is 3.62. The molecule has 0 aliphatic carbocycles. The van der Waals surface area contributed by atoms with Gasteiger partial charge in [-0.3, -0.25) is 9.78 Å². The number of carbonyl (C=O) groups is 1. The molecule has 0 saturated carbocycles. The van der Waals surface area contributed by atoms with Crippen molar-refractivity contribution in [2.24, 2.45) is 0 Å². The van der Waals surface area contributed by atoms with Crippen LogP contribution in [0.1, 0.15) is 27.2 Å². The number of nitrogens with one attached hydrogen (secondary N) is 2. The number of nitrogens with zero attached hydrogens (tertiary/aromatic N) is 2. The molecule has 122 valence electrons. The highest BCUT2D eigenvalue weighted by Crippen LogP contribution is 2.21. The van der Waals surface area contributed by atoms with Crippen LogP contribution >= 0.6 is 0 Å². The molecule has 1 amide bonds. The SMILES string of the molecule is Cc1cc(Nc2cncc(C(=O)Nc3c(C)cccc3C)c2)no1. The van der Waals surface area contributed by atoms with E-state index in [4.69, 9.17) is 4.52 Å². The average Bonchev–Trinajstić information content (AvgIpc) is 2.96. The minimum absolute atomic E-state index is 0.208. The molecule has 3 aromatic rings. The number of hydrogen-bond donors (Lipinski definition) is 2. The lowest BCUT2D eigenvalue weighted by Crippen LogP contribution is -2.14. The summed E-state index contributed by atoms with van der Waals surface area (Å²) < 4.78 is 5.01. The smallest absolute Gasteiger partial charge is 0.257 e. The quantitative estimate of drug-likeness (QED) is 0.759. The Morgan fingerprint density at radius 1 is 1.08 bits per heavy atom. The van der Waals surface area contributed by atoms with Gasteiger partial charge in [0, 0.05) is 18.0 Å². The zero-order valence-corrected chi connectivity index (χ0v) is 13.8. The number of pyridine rings is 1.